The minimum Gasteiger partial charge on any atom is -0.338 e. The zero-order valence-corrected chi connectivity index (χ0v) is 18.1. The summed E-state index contributed by atoms with van der Waals surface area (Å²) in [5.41, 5.74) is 2.10. The molecular weight excluding hydrogens is 392 g/mol. The monoisotopic (exact) mass is 416 g/mol. The van der Waals surface area contributed by atoms with E-state index in [0.29, 0.717) is 12.6 Å². The number of halogens is 1. The van der Waals surface area contributed by atoms with Crippen molar-refractivity contribution in [1.29, 1.82) is 0 Å². The van der Waals surface area contributed by atoms with Crippen LogP contribution in [0.25, 0.3) is 10.2 Å². The van der Waals surface area contributed by atoms with Gasteiger partial charge in [0, 0.05) is 23.5 Å². The van der Waals surface area contributed by atoms with Crippen LogP contribution in [0.3, 0.4) is 0 Å². The lowest BCUT2D eigenvalue weighted by Gasteiger charge is -2.34. The number of carbonyl (C=O) groups excluding carboxylic acids is 1. The average molecular weight is 417 g/mol. The third-order valence-corrected chi connectivity index (χ3v) is 7.01. The number of carbonyl (C=O) groups is 1. The van der Waals surface area contributed by atoms with Crippen LogP contribution in [0.4, 0.5) is 0 Å². The average Bonchev–Trinajstić information content (AvgIpc) is 3.24. The minimum absolute atomic E-state index is 0.119. The van der Waals surface area contributed by atoms with E-state index in [-0.39, 0.29) is 5.91 Å². The number of rotatable bonds is 4. The number of hydrogen-bond acceptors (Lipinski definition) is 4. The molecule has 1 aliphatic rings. The molecule has 1 amide bonds. The highest BCUT2D eigenvalue weighted by Gasteiger charge is 2.26. The Balaban J connectivity index is 1.57. The lowest BCUT2D eigenvalue weighted by atomic mass is 10.0. The zero-order valence-electron chi connectivity index (χ0n) is 16.5. The van der Waals surface area contributed by atoms with Gasteiger partial charge in [-0.05, 0) is 63.7 Å². The first-order chi connectivity index (χ1) is 13.4. The molecule has 7 heteroatoms. The van der Waals surface area contributed by atoms with Gasteiger partial charge < -0.3 is 9.80 Å². The Morgan fingerprint density at radius 1 is 1.29 bits per heavy atom. The van der Waals surface area contributed by atoms with Crippen molar-refractivity contribution in [2.75, 3.05) is 27.2 Å². The molecule has 3 heterocycles. The molecule has 0 unspecified atom stereocenters. The van der Waals surface area contributed by atoms with Gasteiger partial charge in [0.05, 0.1) is 17.1 Å². The summed E-state index contributed by atoms with van der Waals surface area (Å²) < 4.78 is 1.99. The summed E-state index contributed by atoms with van der Waals surface area (Å²) in [6.07, 6.45) is 2.07. The number of piperidine rings is 1. The second-order valence-corrected chi connectivity index (χ2v) is 9.12. The maximum atomic E-state index is 13.1. The van der Waals surface area contributed by atoms with Crippen molar-refractivity contribution in [2.24, 2.45) is 0 Å². The van der Waals surface area contributed by atoms with Crippen molar-refractivity contribution in [3.63, 3.8) is 0 Å². The third-order valence-electron chi connectivity index (χ3n) is 5.62. The maximum absolute atomic E-state index is 13.1. The lowest BCUT2D eigenvalue weighted by molar-refractivity contribution is 0.0664. The van der Waals surface area contributed by atoms with Crippen molar-refractivity contribution in [3.05, 3.63) is 51.5 Å². The van der Waals surface area contributed by atoms with Crippen molar-refractivity contribution in [1.82, 2.24) is 19.6 Å². The van der Waals surface area contributed by atoms with Crippen LogP contribution < -0.4 is 0 Å². The van der Waals surface area contributed by atoms with E-state index in [4.69, 9.17) is 11.6 Å². The first-order valence-corrected chi connectivity index (χ1v) is 10.8. The number of thiophene rings is 1. The van der Waals surface area contributed by atoms with Crippen molar-refractivity contribution >= 4 is 39.1 Å². The molecular formula is C21H25ClN4OS. The zero-order chi connectivity index (χ0) is 19.8. The molecule has 0 aliphatic carbocycles. The molecule has 3 aromatic rings. The number of fused-ring (bicyclic) bond motifs is 1. The van der Waals surface area contributed by atoms with E-state index in [1.54, 1.807) is 11.3 Å². The van der Waals surface area contributed by atoms with E-state index < -0.39 is 0 Å². The van der Waals surface area contributed by atoms with E-state index >= 15 is 0 Å². The molecule has 28 heavy (non-hydrogen) atoms. The molecule has 0 radical (unpaired) electrons. The molecule has 1 saturated heterocycles. The standard InChI is InChI=1S/C21H25ClN4OS/c1-14-18-12-19(20(27)25(3)17-8-10-24(2)11-9-17)28-21(18)26(23-14)13-15-4-6-16(22)7-5-15/h4-7,12,17H,8-11,13H2,1-3H3. The number of amides is 1. The summed E-state index contributed by atoms with van der Waals surface area (Å²) in [5, 5.41) is 6.47. The fourth-order valence-electron chi connectivity index (χ4n) is 3.81. The topological polar surface area (TPSA) is 41.4 Å². The van der Waals surface area contributed by atoms with E-state index in [0.717, 1.165) is 57.3 Å². The maximum Gasteiger partial charge on any atom is 0.264 e. The summed E-state index contributed by atoms with van der Waals surface area (Å²) in [5.74, 6) is 0.119. The van der Waals surface area contributed by atoms with E-state index in [9.17, 15) is 4.79 Å². The number of aromatic nitrogens is 2. The number of hydrogen-bond donors (Lipinski definition) is 0. The Kier molecular flexibility index (Phi) is 5.45. The molecule has 0 bridgehead atoms. The molecule has 1 aliphatic heterocycles. The van der Waals surface area contributed by atoms with Crippen molar-refractivity contribution < 1.29 is 4.79 Å². The van der Waals surface area contributed by atoms with Gasteiger partial charge >= 0.3 is 0 Å². The molecule has 0 saturated carbocycles. The fraction of sp³-hybridized carbons (Fsp3) is 0.429. The van der Waals surface area contributed by atoms with Crippen LogP contribution in [0, 0.1) is 6.92 Å². The van der Waals surface area contributed by atoms with E-state index in [1.807, 2.05) is 53.9 Å². The smallest absolute Gasteiger partial charge is 0.264 e. The van der Waals surface area contributed by atoms with Gasteiger partial charge in [0.2, 0.25) is 0 Å². The highest BCUT2D eigenvalue weighted by atomic mass is 35.5. The molecule has 0 spiro atoms. The summed E-state index contributed by atoms with van der Waals surface area (Å²) in [7, 11) is 4.08. The van der Waals surface area contributed by atoms with Crippen LogP contribution in [-0.2, 0) is 6.54 Å². The van der Waals surface area contributed by atoms with Gasteiger partial charge in [0.1, 0.15) is 4.83 Å². The van der Waals surface area contributed by atoms with Crippen LogP contribution in [0.2, 0.25) is 5.02 Å². The predicted octanol–water partition coefficient (Wildman–Crippen LogP) is 4.27. The Morgan fingerprint density at radius 3 is 2.64 bits per heavy atom. The van der Waals surface area contributed by atoms with Gasteiger partial charge in [-0.3, -0.25) is 9.48 Å². The van der Waals surface area contributed by atoms with Gasteiger partial charge in [0.25, 0.3) is 5.91 Å². The normalized spacial score (nSPS) is 16.0. The molecule has 0 N–H and O–H groups in total. The van der Waals surface area contributed by atoms with E-state index in [1.165, 1.54) is 0 Å². The van der Waals surface area contributed by atoms with Crippen LogP contribution in [0.1, 0.15) is 33.8 Å². The second kappa shape index (κ2) is 7.85. The van der Waals surface area contributed by atoms with Gasteiger partial charge in [-0.2, -0.15) is 5.10 Å². The highest BCUT2D eigenvalue weighted by molar-refractivity contribution is 7.20. The molecule has 5 nitrogen and oxygen atoms in total. The molecule has 1 aromatic carbocycles. The van der Waals surface area contributed by atoms with Gasteiger partial charge in [-0.1, -0.05) is 23.7 Å². The second-order valence-electron chi connectivity index (χ2n) is 7.65. The van der Waals surface area contributed by atoms with Gasteiger partial charge in [-0.25, -0.2) is 0 Å². The number of benzene rings is 1. The number of aryl methyl sites for hydroxylation is 1. The summed E-state index contributed by atoms with van der Waals surface area (Å²) >= 11 is 7.53. The first kappa shape index (κ1) is 19.4. The lowest BCUT2D eigenvalue weighted by Crippen LogP contribution is -2.44. The van der Waals surface area contributed by atoms with Crippen LogP contribution >= 0.6 is 22.9 Å². The Hall–Kier alpha value is -1.89. The Labute approximate surface area is 174 Å². The first-order valence-electron chi connectivity index (χ1n) is 9.59. The summed E-state index contributed by atoms with van der Waals surface area (Å²) in [4.78, 5) is 19.2. The molecule has 0 atom stereocenters. The van der Waals surface area contributed by atoms with Gasteiger partial charge in [0.15, 0.2) is 0 Å². The SMILES string of the molecule is Cc1nn(Cc2ccc(Cl)cc2)c2sc(C(=O)N(C)C3CCN(C)CC3)cc12. The fourth-order valence-corrected chi connectivity index (χ4v) is 5.08. The predicted molar refractivity (Wildman–Crippen MR) is 116 cm³/mol. The molecule has 2 aromatic heterocycles. The molecule has 1 fully saturated rings. The largest absolute Gasteiger partial charge is 0.338 e. The number of nitrogens with zero attached hydrogens (tertiary/aromatic N) is 4. The summed E-state index contributed by atoms with van der Waals surface area (Å²) in [6.45, 7) is 4.76. The van der Waals surface area contributed by atoms with Crippen LogP contribution in [-0.4, -0.2) is 58.7 Å². The molecule has 148 valence electrons. The number of likely N-dealkylation sites (tertiary alicyclic amines) is 1. The summed E-state index contributed by atoms with van der Waals surface area (Å²) in [6, 6.07) is 10.1. The van der Waals surface area contributed by atoms with Crippen LogP contribution in [0.15, 0.2) is 30.3 Å². The highest BCUT2D eigenvalue weighted by Crippen LogP contribution is 2.30. The van der Waals surface area contributed by atoms with Crippen molar-refractivity contribution in [2.45, 2.75) is 32.4 Å². The van der Waals surface area contributed by atoms with Crippen LogP contribution in [0.5, 0.6) is 0 Å². The van der Waals surface area contributed by atoms with Crippen molar-refractivity contribution in [3.8, 4) is 0 Å². The van der Waals surface area contributed by atoms with E-state index in [2.05, 4.69) is 17.0 Å². The minimum atomic E-state index is 0.119. The third kappa shape index (κ3) is 3.81. The quantitative estimate of drug-likeness (QED) is 0.637. The molecule has 4 rings (SSSR count). The Bertz CT molecular complexity index is 986. The Morgan fingerprint density at radius 2 is 1.96 bits per heavy atom. The van der Waals surface area contributed by atoms with Gasteiger partial charge in [-0.15, -0.1) is 11.3 Å².